The van der Waals surface area contributed by atoms with E-state index in [4.69, 9.17) is 5.26 Å². The van der Waals surface area contributed by atoms with E-state index in [1.807, 2.05) is 25.6 Å². The normalized spacial score (nSPS) is 20.2. The van der Waals surface area contributed by atoms with Gasteiger partial charge in [0.15, 0.2) is 0 Å². The minimum atomic E-state index is -0.404. The maximum atomic E-state index is 9.11. The van der Waals surface area contributed by atoms with Crippen LogP contribution in [0.5, 0.6) is 0 Å². The predicted octanol–water partition coefficient (Wildman–Crippen LogP) is 3.80. The Hall–Kier alpha value is -1.14. The summed E-state index contributed by atoms with van der Waals surface area (Å²) in [4.78, 5) is 0. The molecule has 0 spiro atoms. The van der Waals surface area contributed by atoms with Crippen LogP contribution in [0.4, 0.5) is 5.69 Å². The molecule has 0 saturated carbocycles. The van der Waals surface area contributed by atoms with E-state index in [0.717, 1.165) is 5.56 Å². The lowest BCUT2D eigenvalue weighted by atomic mass is 9.86. The average molecular weight is 260 g/mol. The van der Waals surface area contributed by atoms with Crippen molar-refractivity contribution in [3.63, 3.8) is 0 Å². The van der Waals surface area contributed by atoms with Crippen molar-refractivity contribution in [2.75, 3.05) is 16.8 Å². The van der Waals surface area contributed by atoms with Crippen molar-refractivity contribution in [3.05, 3.63) is 29.8 Å². The number of hydrogen-bond acceptors (Lipinski definition) is 3. The molecule has 1 aliphatic rings. The smallest absolute Gasteiger partial charge is 0.0766 e. The maximum Gasteiger partial charge on any atom is 0.0766 e. The lowest BCUT2D eigenvalue weighted by Crippen LogP contribution is -2.25. The summed E-state index contributed by atoms with van der Waals surface area (Å²) in [7, 11) is 0. The van der Waals surface area contributed by atoms with Crippen molar-refractivity contribution in [2.45, 2.75) is 38.1 Å². The van der Waals surface area contributed by atoms with Crippen LogP contribution in [0.3, 0.4) is 0 Å². The number of benzene rings is 1. The van der Waals surface area contributed by atoms with Crippen LogP contribution in [-0.4, -0.2) is 17.5 Å². The zero-order valence-corrected chi connectivity index (χ0v) is 11.9. The molecule has 0 radical (unpaired) electrons. The number of rotatable bonds is 3. The van der Waals surface area contributed by atoms with Crippen LogP contribution < -0.4 is 5.32 Å². The third-order valence-electron chi connectivity index (χ3n) is 3.42. The fourth-order valence-electron chi connectivity index (χ4n) is 2.14. The van der Waals surface area contributed by atoms with Crippen molar-refractivity contribution in [2.24, 2.45) is 0 Å². The lowest BCUT2D eigenvalue weighted by Gasteiger charge is -2.24. The van der Waals surface area contributed by atoms with Gasteiger partial charge in [-0.15, -0.1) is 0 Å². The summed E-state index contributed by atoms with van der Waals surface area (Å²) >= 11 is 2.03. The number of nitriles is 1. The number of anilines is 1. The number of nitrogens with one attached hydrogen (secondary N) is 1. The second kappa shape index (κ2) is 5.67. The van der Waals surface area contributed by atoms with Gasteiger partial charge < -0.3 is 5.32 Å². The van der Waals surface area contributed by atoms with Gasteiger partial charge in [0.1, 0.15) is 0 Å². The zero-order chi connectivity index (χ0) is 13.0. The molecule has 1 heterocycles. The highest BCUT2D eigenvalue weighted by Crippen LogP contribution is 2.25. The Balaban J connectivity index is 2.01. The van der Waals surface area contributed by atoms with Crippen LogP contribution in [0.1, 0.15) is 32.3 Å². The van der Waals surface area contributed by atoms with Gasteiger partial charge in [0.25, 0.3) is 0 Å². The second-order valence-corrected chi connectivity index (χ2v) is 6.52. The number of thioether (sulfide) groups is 1. The molecule has 0 bridgehead atoms. The monoisotopic (exact) mass is 260 g/mol. The van der Waals surface area contributed by atoms with E-state index in [1.54, 1.807) is 0 Å². The Bertz CT molecular complexity index is 425. The molecule has 1 aliphatic heterocycles. The van der Waals surface area contributed by atoms with Crippen molar-refractivity contribution in [1.29, 1.82) is 5.26 Å². The summed E-state index contributed by atoms with van der Waals surface area (Å²) < 4.78 is 0. The number of nitrogens with zero attached hydrogens (tertiary/aromatic N) is 1. The average Bonchev–Trinajstić information content (AvgIpc) is 2.40. The molecule has 1 unspecified atom stereocenters. The Kier molecular flexibility index (Phi) is 4.19. The quantitative estimate of drug-likeness (QED) is 0.898. The molecule has 0 amide bonds. The first-order valence-corrected chi connectivity index (χ1v) is 7.63. The first kappa shape index (κ1) is 13.3. The molecule has 2 nitrogen and oxygen atoms in total. The summed E-state index contributed by atoms with van der Waals surface area (Å²) in [5.41, 5.74) is 1.84. The van der Waals surface area contributed by atoms with Gasteiger partial charge in [-0.3, -0.25) is 0 Å². The molecule has 1 saturated heterocycles. The van der Waals surface area contributed by atoms with Crippen molar-refractivity contribution < 1.29 is 0 Å². The first-order valence-electron chi connectivity index (χ1n) is 6.48. The molecule has 1 aromatic carbocycles. The van der Waals surface area contributed by atoms with Crippen molar-refractivity contribution in [3.8, 4) is 6.07 Å². The topological polar surface area (TPSA) is 35.8 Å². The van der Waals surface area contributed by atoms with Crippen molar-refractivity contribution >= 4 is 17.4 Å². The van der Waals surface area contributed by atoms with Gasteiger partial charge in [0.05, 0.1) is 11.5 Å². The lowest BCUT2D eigenvalue weighted by molar-refractivity contribution is 0.681. The van der Waals surface area contributed by atoms with Crippen LogP contribution in [0, 0.1) is 11.3 Å². The van der Waals surface area contributed by atoms with E-state index < -0.39 is 5.41 Å². The zero-order valence-electron chi connectivity index (χ0n) is 11.1. The van der Waals surface area contributed by atoms with Crippen LogP contribution in [-0.2, 0) is 5.41 Å². The molecule has 1 atom stereocenters. The molecule has 3 heteroatoms. The fourth-order valence-corrected chi connectivity index (χ4v) is 3.21. The van der Waals surface area contributed by atoms with Crippen LogP contribution in [0.15, 0.2) is 24.3 Å². The van der Waals surface area contributed by atoms with Gasteiger partial charge in [0.2, 0.25) is 0 Å². The molecule has 0 aromatic heterocycles. The Morgan fingerprint density at radius 3 is 2.61 bits per heavy atom. The van der Waals surface area contributed by atoms with E-state index in [2.05, 4.69) is 35.7 Å². The van der Waals surface area contributed by atoms with Gasteiger partial charge in [-0.1, -0.05) is 12.1 Å². The minimum absolute atomic E-state index is 0.404. The van der Waals surface area contributed by atoms with Crippen molar-refractivity contribution in [1.82, 2.24) is 0 Å². The van der Waals surface area contributed by atoms with E-state index >= 15 is 0 Å². The van der Waals surface area contributed by atoms with Gasteiger partial charge >= 0.3 is 0 Å². The summed E-state index contributed by atoms with van der Waals surface area (Å²) in [6.07, 6.45) is 2.57. The maximum absolute atomic E-state index is 9.11. The van der Waals surface area contributed by atoms with E-state index in [0.29, 0.717) is 6.04 Å². The third-order valence-corrected chi connectivity index (χ3v) is 4.63. The summed E-state index contributed by atoms with van der Waals surface area (Å²) in [6.45, 7) is 3.90. The molecular formula is C15H20N2S. The molecule has 0 aliphatic carbocycles. The van der Waals surface area contributed by atoms with Gasteiger partial charge in [-0.25, -0.2) is 0 Å². The molecule has 2 rings (SSSR count). The third kappa shape index (κ3) is 3.20. The Morgan fingerprint density at radius 1 is 1.33 bits per heavy atom. The largest absolute Gasteiger partial charge is 0.381 e. The highest BCUT2D eigenvalue weighted by atomic mass is 32.2. The SMILES string of the molecule is CC(C)(C#N)c1ccc(NC2CCCSC2)cc1. The highest BCUT2D eigenvalue weighted by molar-refractivity contribution is 7.99. The standard InChI is InChI=1S/C15H20N2S/c1-15(2,11-16)12-5-7-13(8-6-12)17-14-4-3-9-18-10-14/h5-8,14,17H,3-4,9-10H2,1-2H3. The first-order chi connectivity index (χ1) is 8.62. The van der Waals surface area contributed by atoms with Gasteiger partial charge in [-0.2, -0.15) is 17.0 Å². The van der Waals surface area contributed by atoms with E-state index in [1.165, 1.54) is 30.0 Å². The highest BCUT2D eigenvalue weighted by Gasteiger charge is 2.19. The predicted molar refractivity (Wildman–Crippen MR) is 79.1 cm³/mol. The van der Waals surface area contributed by atoms with E-state index in [-0.39, 0.29) is 0 Å². The summed E-state index contributed by atoms with van der Waals surface area (Å²) in [6, 6.07) is 11.2. The number of hydrogen-bond donors (Lipinski definition) is 1. The molecular weight excluding hydrogens is 240 g/mol. The molecule has 18 heavy (non-hydrogen) atoms. The Morgan fingerprint density at radius 2 is 2.06 bits per heavy atom. The van der Waals surface area contributed by atoms with Crippen LogP contribution in [0.25, 0.3) is 0 Å². The Labute approximate surface area is 114 Å². The summed E-state index contributed by atoms with van der Waals surface area (Å²) in [5.74, 6) is 2.50. The van der Waals surface area contributed by atoms with E-state index in [9.17, 15) is 0 Å². The molecule has 96 valence electrons. The molecule has 1 fully saturated rings. The molecule has 1 aromatic rings. The van der Waals surface area contributed by atoms with Crippen LogP contribution in [0.2, 0.25) is 0 Å². The van der Waals surface area contributed by atoms with Gasteiger partial charge in [-0.05, 0) is 50.1 Å². The summed E-state index contributed by atoms with van der Waals surface area (Å²) in [5, 5.41) is 12.7. The molecule has 1 N–H and O–H groups in total. The minimum Gasteiger partial charge on any atom is -0.381 e. The van der Waals surface area contributed by atoms with Crippen LogP contribution >= 0.6 is 11.8 Å². The fraction of sp³-hybridized carbons (Fsp3) is 0.533. The second-order valence-electron chi connectivity index (χ2n) is 5.37. The van der Waals surface area contributed by atoms with Gasteiger partial charge in [0, 0.05) is 17.5 Å².